The molecule has 0 unspecified atom stereocenters. The summed E-state index contributed by atoms with van der Waals surface area (Å²) in [6.07, 6.45) is -0.112. The minimum absolute atomic E-state index is 0.0140. The third-order valence-electron chi connectivity index (χ3n) is 4.40. The maximum Gasteiger partial charge on any atom is 0.251 e. The van der Waals surface area contributed by atoms with Gasteiger partial charge >= 0.3 is 0 Å². The van der Waals surface area contributed by atoms with Gasteiger partial charge in [-0.15, -0.1) is 0 Å². The van der Waals surface area contributed by atoms with E-state index in [-0.39, 0.29) is 41.8 Å². The van der Waals surface area contributed by atoms with E-state index < -0.39 is 21.8 Å². The zero-order valence-corrected chi connectivity index (χ0v) is 16.0. The van der Waals surface area contributed by atoms with E-state index in [1.165, 1.54) is 18.2 Å². The van der Waals surface area contributed by atoms with E-state index in [0.717, 1.165) is 5.56 Å². The van der Waals surface area contributed by atoms with Crippen molar-refractivity contribution in [2.45, 2.75) is 13.0 Å². The van der Waals surface area contributed by atoms with E-state index in [0.29, 0.717) is 15.8 Å². The van der Waals surface area contributed by atoms with E-state index in [9.17, 15) is 18.0 Å². The Kier molecular flexibility index (Phi) is 4.64. The first kappa shape index (κ1) is 18.6. The number of hydrogen-bond donors (Lipinski definition) is 1. The van der Waals surface area contributed by atoms with Crippen LogP contribution in [0.2, 0.25) is 5.02 Å². The van der Waals surface area contributed by atoms with Crippen molar-refractivity contribution < 1.29 is 27.5 Å². The third-order valence-corrected chi connectivity index (χ3v) is 6.39. The van der Waals surface area contributed by atoms with Crippen molar-refractivity contribution in [3.63, 3.8) is 0 Å². The van der Waals surface area contributed by atoms with Crippen molar-refractivity contribution in [1.82, 2.24) is 5.32 Å². The zero-order chi connectivity index (χ0) is 19.9. The molecule has 0 saturated carbocycles. The van der Waals surface area contributed by atoms with Crippen molar-refractivity contribution in [1.29, 1.82) is 0 Å². The van der Waals surface area contributed by atoms with Crippen LogP contribution in [0.4, 0.5) is 5.69 Å². The van der Waals surface area contributed by atoms with Crippen LogP contribution in [0.3, 0.4) is 0 Å². The number of carbonyl (C=O) groups excluding carboxylic acids is 2. The molecule has 2 aromatic rings. The van der Waals surface area contributed by atoms with Crippen molar-refractivity contribution >= 4 is 39.1 Å². The lowest BCUT2D eigenvalue weighted by molar-refractivity contribution is -0.116. The van der Waals surface area contributed by atoms with Crippen LogP contribution in [0.25, 0.3) is 0 Å². The van der Waals surface area contributed by atoms with Crippen LogP contribution in [0, 0.1) is 0 Å². The highest BCUT2D eigenvalue weighted by molar-refractivity contribution is 7.94. The zero-order valence-electron chi connectivity index (χ0n) is 14.5. The second-order valence-corrected chi connectivity index (χ2v) is 8.61. The van der Waals surface area contributed by atoms with Gasteiger partial charge in [-0.25, -0.2) is 12.7 Å². The predicted octanol–water partition coefficient (Wildman–Crippen LogP) is 2.07. The standard InChI is InChI=1S/C18H15ClN2O6S/c19-13-3-2-12(8-14(13)21-17(22)5-6-28(21,24)25)18(23)20-9-11-1-4-15-16(7-11)27-10-26-15/h1-4,7-8H,5-6,9-10H2,(H,20,23). The first-order chi connectivity index (χ1) is 13.3. The average Bonchev–Trinajstić information content (AvgIpc) is 3.23. The largest absolute Gasteiger partial charge is 0.454 e. The number of fused-ring (bicyclic) bond motifs is 1. The maximum absolute atomic E-state index is 12.5. The Balaban J connectivity index is 1.53. The van der Waals surface area contributed by atoms with Crippen LogP contribution in [0.15, 0.2) is 36.4 Å². The van der Waals surface area contributed by atoms with Gasteiger partial charge in [0.25, 0.3) is 5.91 Å². The molecule has 2 aromatic carbocycles. The number of sulfonamides is 1. The Morgan fingerprint density at radius 1 is 1.14 bits per heavy atom. The minimum Gasteiger partial charge on any atom is -0.454 e. The van der Waals surface area contributed by atoms with Gasteiger partial charge in [0.1, 0.15) is 0 Å². The molecule has 28 heavy (non-hydrogen) atoms. The Morgan fingerprint density at radius 3 is 2.68 bits per heavy atom. The van der Waals surface area contributed by atoms with Crippen molar-refractivity contribution in [3.05, 3.63) is 52.5 Å². The Hall–Kier alpha value is -2.78. The van der Waals surface area contributed by atoms with Crippen LogP contribution in [-0.4, -0.2) is 32.8 Å². The van der Waals surface area contributed by atoms with E-state index in [1.807, 2.05) is 0 Å². The van der Waals surface area contributed by atoms with Gasteiger partial charge in [-0.1, -0.05) is 17.7 Å². The highest BCUT2D eigenvalue weighted by Gasteiger charge is 2.37. The summed E-state index contributed by atoms with van der Waals surface area (Å²) in [6, 6.07) is 9.50. The summed E-state index contributed by atoms with van der Waals surface area (Å²) in [7, 11) is -3.77. The van der Waals surface area contributed by atoms with Crippen LogP contribution < -0.4 is 19.1 Å². The molecule has 8 nitrogen and oxygen atoms in total. The maximum atomic E-state index is 12.5. The lowest BCUT2D eigenvalue weighted by atomic mass is 10.1. The van der Waals surface area contributed by atoms with Gasteiger partial charge in [0.05, 0.1) is 16.5 Å². The summed E-state index contributed by atoms with van der Waals surface area (Å²) in [4.78, 5) is 24.5. The summed E-state index contributed by atoms with van der Waals surface area (Å²) in [5.74, 6) is -0.0190. The summed E-state index contributed by atoms with van der Waals surface area (Å²) in [5, 5.41) is 2.82. The number of amides is 2. The quantitative estimate of drug-likeness (QED) is 0.809. The van der Waals surface area contributed by atoms with Gasteiger partial charge in [-0.05, 0) is 35.9 Å². The summed E-state index contributed by atoms with van der Waals surface area (Å²) < 4.78 is 35.5. The molecule has 10 heteroatoms. The molecule has 4 rings (SSSR count). The van der Waals surface area contributed by atoms with Crippen LogP contribution in [-0.2, 0) is 21.4 Å². The van der Waals surface area contributed by atoms with Crippen LogP contribution in [0.5, 0.6) is 11.5 Å². The Bertz CT molecular complexity index is 1090. The molecule has 2 aliphatic rings. The smallest absolute Gasteiger partial charge is 0.251 e. The molecule has 0 aromatic heterocycles. The molecule has 2 heterocycles. The summed E-state index contributed by atoms with van der Waals surface area (Å²) in [6.45, 7) is 0.394. The lowest BCUT2D eigenvalue weighted by Crippen LogP contribution is -2.30. The molecule has 2 aliphatic heterocycles. The summed E-state index contributed by atoms with van der Waals surface area (Å²) in [5.41, 5.74) is 0.985. The van der Waals surface area contributed by atoms with Crippen molar-refractivity contribution in [3.8, 4) is 11.5 Å². The molecule has 1 saturated heterocycles. The Labute approximate surface area is 166 Å². The minimum atomic E-state index is -3.77. The van der Waals surface area contributed by atoms with E-state index in [2.05, 4.69) is 5.32 Å². The number of carbonyl (C=O) groups is 2. The molecule has 0 bridgehead atoms. The summed E-state index contributed by atoms with van der Waals surface area (Å²) >= 11 is 6.08. The second kappa shape index (κ2) is 6.99. The fourth-order valence-electron chi connectivity index (χ4n) is 2.99. The Morgan fingerprint density at radius 2 is 1.93 bits per heavy atom. The van der Waals surface area contributed by atoms with Crippen molar-refractivity contribution in [2.75, 3.05) is 16.9 Å². The van der Waals surface area contributed by atoms with Crippen molar-refractivity contribution in [2.24, 2.45) is 0 Å². The van der Waals surface area contributed by atoms with Crippen LogP contribution >= 0.6 is 11.6 Å². The lowest BCUT2D eigenvalue weighted by Gasteiger charge is -2.17. The topological polar surface area (TPSA) is 102 Å². The number of rotatable bonds is 4. The highest BCUT2D eigenvalue weighted by Crippen LogP contribution is 2.34. The molecule has 2 amide bonds. The number of benzene rings is 2. The van der Waals surface area contributed by atoms with E-state index in [1.54, 1.807) is 18.2 Å². The number of nitrogens with one attached hydrogen (secondary N) is 1. The molecular formula is C18H15ClN2O6S. The first-order valence-electron chi connectivity index (χ1n) is 8.37. The molecule has 0 spiro atoms. The molecule has 1 fully saturated rings. The third kappa shape index (κ3) is 3.38. The molecular weight excluding hydrogens is 408 g/mol. The first-order valence-corrected chi connectivity index (χ1v) is 10.4. The molecule has 1 N–H and O–H groups in total. The second-order valence-electron chi connectivity index (χ2n) is 6.26. The average molecular weight is 423 g/mol. The highest BCUT2D eigenvalue weighted by atomic mass is 35.5. The SMILES string of the molecule is O=C(NCc1ccc2c(c1)OCO2)c1ccc(Cl)c(N2C(=O)CCS2(=O)=O)c1. The van der Waals surface area contributed by atoms with Gasteiger partial charge in [0, 0.05) is 18.5 Å². The number of ether oxygens (including phenoxy) is 2. The van der Waals surface area contributed by atoms with Gasteiger partial charge < -0.3 is 14.8 Å². The van der Waals surface area contributed by atoms with Gasteiger partial charge in [0.15, 0.2) is 11.5 Å². The molecule has 0 radical (unpaired) electrons. The molecule has 146 valence electrons. The number of halogens is 1. The van der Waals surface area contributed by atoms with E-state index in [4.69, 9.17) is 21.1 Å². The molecule has 0 atom stereocenters. The monoisotopic (exact) mass is 422 g/mol. The number of anilines is 1. The molecule has 0 aliphatic carbocycles. The fourth-order valence-corrected chi connectivity index (χ4v) is 4.71. The number of nitrogens with zero attached hydrogens (tertiary/aromatic N) is 1. The van der Waals surface area contributed by atoms with Gasteiger partial charge in [0.2, 0.25) is 22.7 Å². The predicted molar refractivity (Wildman–Crippen MR) is 101 cm³/mol. The number of hydrogen-bond acceptors (Lipinski definition) is 6. The fraction of sp³-hybridized carbons (Fsp3) is 0.222. The van der Waals surface area contributed by atoms with Gasteiger partial charge in [-0.3, -0.25) is 9.59 Å². The van der Waals surface area contributed by atoms with Crippen LogP contribution in [0.1, 0.15) is 22.3 Å². The van der Waals surface area contributed by atoms with Gasteiger partial charge in [-0.2, -0.15) is 0 Å². The van der Waals surface area contributed by atoms with E-state index >= 15 is 0 Å². The normalized spacial score (nSPS) is 17.0.